The predicted octanol–water partition coefficient (Wildman–Crippen LogP) is 3.58. The van der Waals surface area contributed by atoms with E-state index in [1.54, 1.807) is 0 Å². The maximum atomic E-state index is 2.28. The van der Waals surface area contributed by atoms with E-state index in [4.69, 9.17) is 0 Å². The van der Waals surface area contributed by atoms with Crippen LogP contribution in [0.15, 0.2) is 11.6 Å². The van der Waals surface area contributed by atoms with E-state index in [0.717, 1.165) is 0 Å². The molecule has 0 nitrogen and oxygen atoms in total. The molecule has 0 N–H and O–H groups in total. The van der Waals surface area contributed by atoms with Crippen molar-refractivity contribution in [3.05, 3.63) is 45.9 Å². The smallest absolute Gasteiger partial charge is 0.0161 e. The Balaban J connectivity index is 2.69. The summed E-state index contributed by atoms with van der Waals surface area (Å²) in [6.07, 6.45) is 4.53. The van der Waals surface area contributed by atoms with E-state index in [-0.39, 0.29) is 0 Å². The monoisotopic (exact) mass is 171 g/mol. The third-order valence-corrected chi connectivity index (χ3v) is 3.00. The molecule has 1 aliphatic rings. The van der Waals surface area contributed by atoms with Crippen molar-refractivity contribution in [1.82, 2.24) is 0 Å². The average Bonchev–Trinajstić information content (AvgIpc) is 2.42. The molecule has 0 saturated heterocycles. The second kappa shape index (κ2) is 2.73. The molecule has 0 heterocycles. The van der Waals surface area contributed by atoms with Crippen LogP contribution < -0.4 is 0 Å². The first-order valence-electron chi connectivity index (χ1n) is 4.73. The van der Waals surface area contributed by atoms with Gasteiger partial charge in [0.1, 0.15) is 0 Å². The van der Waals surface area contributed by atoms with Gasteiger partial charge in [-0.05, 0) is 55.5 Å². The van der Waals surface area contributed by atoms with Gasteiger partial charge in [0, 0.05) is 6.42 Å². The van der Waals surface area contributed by atoms with Crippen molar-refractivity contribution in [3.8, 4) is 0 Å². The lowest BCUT2D eigenvalue weighted by atomic mass is 9.95. The first-order valence-corrected chi connectivity index (χ1v) is 4.73. The number of benzene rings is 1. The molecule has 0 saturated carbocycles. The Bertz CT molecular complexity index is 395. The third kappa shape index (κ3) is 1.21. The molecule has 1 aliphatic carbocycles. The first-order chi connectivity index (χ1) is 6.09. The maximum Gasteiger partial charge on any atom is 0.0161 e. The topological polar surface area (TPSA) is 0 Å². The van der Waals surface area contributed by atoms with Crippen LogP contribution in [-0.2, 0) is 0 Å². The standard InChI is InChI=1S/C13H15/c1-8-5-12-7-9(2)10(3)11(4)13(12)6-8/h5-7H,1-4H3. The fourth-order valence-electron chi connectivity index (χ4n) is 1.96. The lowest BCUT2D eigenvalue weighted by molar-refractivity contribution is 1.24. The number of allylic oxidation sites excluding steroid dienone is 1. The molecule has 0 fully saturated rings. The van der Waals surface area contributed by atoms with E-state index >= 15 is 0 Å². The van der Waals surface area contributed by atoms with Gasteiger partial charge in [-0.25, -0.2) is 0 Å². The van der Waals surface area contributed by atoms with Crippen LogP contribution in [0.3, 0.4) is 0 Å². The largest absolute Gasteiger partial charge is 0.0642 e. The van der Waals surface area contributed by atoms with Gasteiger partial charge < -0.3 is 0 Å². The zero-order chi connectivity index (χ0) is 9.59. The number of hydrogen-bond donors (Lipinski definition) is 0. The summed E-state index contributed by atoms with van der Waals surface area (Å²) in [5, 5.41) is 0. The van der Waals surface area contributed by atoms with Crippen LogP contribution in [0.2, 0.25) is 0 Å². The number of fused-ring (bicyclic) bond motifs is 1. The van der Waals surface area contributed by atoms with Crippen LogP contribution in [0.5, 0.6) is 0 Å². The van der Waals surface area contributed by atoms with E-state index in [2.05, 4.69) is 46.3 Å². The van der Waals surface area contributed by atoms with Crippen molar-refractivity contribution in [3.63, 3.8) is 0 Å². The SMILES string of the molecule is CC1=Cc2c(cc(C)c(C)c2C)[CH]1. The summed E-state index contributed by atoms with van der Waals surface area (Å²) in [4.78, 5) is 0. The van der Waals surface area contributed by atoms with Crippen molar-refractivity contribution in [1.29, 1.82) is 0 Å². The number of hydrogen-bond acceptors (Lipinski definition) is 0. The van der Waals surface area contributed by atoms with Crippen molar-refractivity contribution in [2.75, 3.05) is 0 Å². The highest BCUT2D eigenvalue weighted by Crippen LogP contribution is 2.32. The summed E-state index contributed by atoms with van der Waals surface area (Å²) < 4.78 is 0. The second-order valence-corrected chi connectivity index (χ2v) is 3.98. The molecular weight excluding hydrogens is 156 g/mol. The fourth-order valence-corrected chi connectivity index (χ4v) is 1.96. The van der Waals surface area contributed by atoms with Crippen LogP contribution in [0.1, 0.15) is 34.7 Å². The highest BCUT2D eigenvalue weighted by atomic mass is 14.2. The molecule has 0 unspecified atom stereocenters. The van der Waals surface area contributed by atoms with Crippen molar-refractivity contribution in [2.45, 2.75) is 27.7 Å². The first kappa shape index (κ1) is 8.55. The predicted molar refractivity (Wildman–Crippen MR) is 57.7 cm³/mol. The Morgan fingerprint density at radius 2 is 1.62 bits per heavy atom. The van der Waals surface area contributed by atoms with Gasteiger partial charge >= 0.3 is 0 Å². The van der Waals surface area contributed by atoms with Gasteiger partial charge in [0.25, 0.3) is 0 Å². The van der Waals surface area contributed by atoms with Crippen molar-refractivity contribution in [2.24, 2.45) is 0 Å². The van der Waals surface area contributed by atoms with Gasteiger partial charge in [-0.1, -0.05) is 17.7 Å². The van der Waals surface area contributed by atoms with Gasteiger partial charge in [0.2, 0.25) is 0 Å². The van der Waals surface area contributed by atoms with Gasteiger partial charge in [0.05, 0.1) is 0 Å². The zero-order valence-corrected chi connectivity index (χ0v) is 8.73. The lowest BCUT2D eigenvalue weighted by Crippen LogP contribution is -1.92. The maximum absolute atomic E-state index is 2.28. The second-order valence-electron chi connectivity index (χ2n) is 3.98. The van der Waals surface area contributed by atoms with Gasteiger partial charge in [0.15, 0.2) is 0 Å². The summed E-state index contributed by atoms with van der Waals surface area (Å²) in [5.74, 6) is 0. The highest BCUT2D eigenvalue weighted by Gasteiger charge is 2.14. The van der Waals surface area contributed by atoms with E-state index in [0.29, 0.717) is 0 Å². The minimum atomic E-state index is 1.36. The summed E-state index contributed by atoms with van der Waals surface area (Å²) in [6, 6.07) is 2.28. The molecule has 0 bridgehead atoms. The Morgan fingerprint density at radius 1 is 0.923 bits per heavy atom. The molecular formula is C13H15. The Morgan fingerprint density at radius 3 is 2.31 bits per heavy atom. The quantitative estimate of drug-likeness (QED) is 0.559. The number of aryl methyl sites for hydroxylation is 1. The average molecular weight is 171 g/mol. The molecule has 0 spiro atoms. The molecule has 0 amide bonds. The molecule has 67 valence electrons. The van der Waals surface area contributed by atoms with E-state index in [9.17, 15) is 0 Å². The van der Waals surface area contributed by atoms with Crippen LogP contribution in [0, 0.1) is 27.2 Å². The fraction of sp³-hybridized carbons (Fsp3) is 0.308. The molecule has 0 aromatic heterocycles. The van der Waals surface area contributed by atoms with Crippen LogP contribution in [0.25, 0.3) is 6.08 Å². The van der Waals surface area contributed by atoms with Gasteiger partial charge in [-0.3, -0.25) is 0 Å². The van der Waals surface area contributed by atoms with Crippen LogP contribution in [-0.4, -0.2) is 0 Å². The van der Waals surface area contributed by atoms with Crippen molar-refractivity contribution >= 4 is 6.08 Å². The summed E-state index contributed by atoms with van der Waals surface area (Å²) in [5.41, 5.74) is 8.43. The van der Waals surface area contributed by atoms with E-state index in [1.165, 1.54) is 33.4 Å². The Kier molecular flexibility index (Phi) is 1.80. The third-order valence-electron chi connectivity index (χ3n) is 3.00. The molecule has 1 aromatic carbocycles. The Labute approximate surface area is 80.3 Å². The van der Waals surface area contributed by atoms with Crippen LogP contribution in [0.4, 0.5) is 0 Å². The highest BCUT2D eigenvalue weighted by molar-refractivity contribution is 5.72. The minimum absolute atomic E-state index is 1.36. The van der Waals surface area contributed by atoms with Crippen molar-refractivity contribution < 1.29 is 0 Å². The molecule has 13 heavy (non-hydrogen) atoms. The number of rotatable bonds is 0. The van der Waals surface area contributed by atoms with Gasteiger partial charge in [-0.2, -0.15) is 0 Å². The zero-order valence-electron chi connectivity index (χ0n) is 8.73. The lowest BCUT2D eigenvalue weighted by Gasteiger charge is -2.09. The van der Waals surface area contributed by atoms with Gasteiger partial charge in [-0.15, -0.1) is 0 Å². The normalized spacial score (nSPS) is 14.3. The molecule has 0 aliphatic heterocycles. The minimum Gasteiger partial charge on any atom is -0.0642 e. The summed E-state index contributed by atoms with van der Waals surface area (Å²) >= 11 is 0. The molecule has 2 rings (SSSR count). The van der Waals surface area contributed by atoms with E-state index < -0.39 is 0 Å². The molecule has 0 heteroatoms. The summed E-state index contributed by atoms with van der Waals surface area (Å²) in [6.45, 7) is 8.75. The van der Waals surface area contributed by atoms with Crippen LogP contribution >= 0.6 is 0 Å². The Hall–Kier alpha value is -1.04. The molecule has 1 radical (unpaired) electrons. The summed E-state index contributed by atoms with van der Waals surface area (Å²) in [7, 11) is 0. The molecule has 0 atom stereocenters. The van der Waals surface area contributed by atoms with E-state index in [1.807, 2.05) is 0 Å². The molecule has 1 aromatic rings.